The fourth-order valence-electron chi connectivity index (χ4n) is 3.23. The lowest BCUT2D eigenvalue weighted by Crippen LogP contribution is -2.01. The Balaban J connectivity index is 1.66. The monoisotopic (exact) mass is 460 g/mol. The zero-order chi connectivity index (χ0) is 24.5. The fraction of sp³-hybridized carbons (Fsp3) is 0.115. The van der Waals surface area contributed by atoms with Gasteiger partial charge in [0.2, 0.25) is 5.75 Å². The van der Waals surface area contributed by atoms with Gasteiger partial charge in [0.05, 0.1) is 31.8 Å². The average molecular weight is 460 g/mol. The van der Waals surface area contributed by atoms with Crippen LogP contribution in [0.3, 0.4) is 0 Å². The van der Waals surface area contributed by atoms with Crippen molar-refractivity contribution in [3.8, 4) is 17.2 Å². The van der Waals surface area contributed by atoms with Crippen molar-refractivity contribution in [2.24, 2.45) is 0 Å². The highest BCUT2D eigenvalue weighted by molar-refractivity contribution is 6.07. The number of rotatable bonds is 10. The van der Waals surface area contributed by atoms with E-state index in [1.54, 1.807) is 27.4 Å². The number of nitro benzene ring substituents is 1. The molecule has 0 fully saturated rings. The number of nitro groups is 1. The summed E-state index contributed by atoms with van der Waals surface area (Å²) in [5, 5.41) is 14.1. The molecule has 0 saturated heterocycles. The third-order valence-corrected chi connectivity index (χ3v) is 4.92. The van der Waals surface area contributed by atoms with Crippen LogP contribution in [0.15, 0.2) is 72.9 Å². The van der Waals surface area contributed by atoms with Gasteiger partial charge in [0.15, 0.2) is 17.3 Å². The van der Waals surface area contributed by atoms with Crippen LogP contribution < -0.4 is 19.5 Å². The SMILES string of the molecule is COc1cc(/C=C\c2ccc(N/C=C\C(=O)c3ccccc3[N+](=O)[O-])cc2)cc(OC)c1OC. The Kier molecular flexibility index (Phi) is 8.02. The minimum absolute atomic E-state index is 0.0397. The number of hydrogen-bond donors (Lipinski definition) is 1. The van der Waals surface area contributed by atoms with Crippen LogP contribution in [0.2, 0.25) is 0 Å². The first-order valence-electron chi connectivity index (χ1n) is 10.3. The lowest BCUT2D eigenvalue weighted by Gasteiger charge is -2.12. The van der Waals surface area contributed by atoms with E-state index in [2.05, 4.69) is 5.32 Å². The van der Waals surface area contributed by atoms with Crippen molar-refractivity contribution in [1.29, 1.82) is 0 Å². The van der Waals surface area contributed by atoms with Gasteiger partial charge in [-0.1, -0.05) is 36.4 Å². The van der Waals surface area contributed by atoms with Crippen LogP contribution in [0.25, 0.3) is 12.2 Å². The van der Waals surface area contributed by atoms with Crippen LogP contribution in [-0.2, 0) is 0 Å². The van der Waals surface area contributed by atoms with Gasteiger partial charge >= 0.3 is 0 Å². The van der Waals surface area contributed by atoms with Crippen molar-refractivity contribution in [3.05, 3.63) is 99.7 Å². The van der Waals surface area contributed by atoms with E-state index < -0.39 is 10.7 Å². The quantitative estimate of drug-likeness (QED) is 0.138. The Morgan fingerprint density at radius 3 is 2.09 bits per heavy atom. The number of allylic oxidation sites excluding steroid dienone is 1. The van der Waals surface area contributed by atoms with Crippen LogP contribution in [0.5, 0.6) is 17.2 Å². The molecule has 0 aromatic heterocycles. The second kappa shape index (κ2) is 11.3. The Bertz CT molecular complexity index is 1210. The number of para-hydroxylation sites is 1. The summed E-state index contributed by atoms with van der Waals surface area (Å²) in [4.78, 5) is 22.8. The Morgan fingerprint density at radius 1 is 0.882 bits per heavy atom. The molecule has 0 aliphatic heterocycles. The molecule has 0 saturated carbocycles. The highest BCUT2D eigenvalue weighted by atomic mass is 16.6. The van der Waals surface area contributed by atoms with Gasteiger partial charge in [-0.15, -0.1) is 0 Å². The second-order valence-corrected chi connectivity index (χ2v) is 7.03. The molecule has 3 rings (SSSR count). The molecule has 8 nitrogen and oxygen atoms in total. The predicted molar refractivity (Wildman–Crippen MR) is 132 cm³/mol. The molecule has 1 N–H and O–H groups in total. The Hall–Kier alpha value is -4.59. The number of nitrogens with one attached hydrogen (secondary N) is 1. The van der Waals surface area contributed by atoms with Crippen molar-refractivity contribution in [2.45, 2.75) is 0 Å². The van der Waals surface area contributed by atoms with Gasteiger partial charge in [-0.2, -0.15) is 0 Å². The number of carbonyl (C=O) groups is 1. The number of anilines is 1. The zero-order valence-corrected chi connectivity index (χ0v) is 19.0. The molecular weight excluding hydrogens is 436 g/mol. The molecule has 174 valence electrons. The van der Waals surface area contributed by atoms with E-state index in [0.717, 1.165) is 16.8 Å². The Morgan fingerprint density at radius 2 is 1.50 bits per heavy atom. The van der Waals surface area contributed by atoms with E-state index in [9.17, 15) is 14.9 Å². The number of carbonyl (C=O) groups excluding carboxylic acids is 1. The van der Waals surface area contributed by atoms with Gasteiger partial charge < -0.3 is 19.5 Å². The van der Waals surface area contributed by atoms with Crippen LogP contribution in [0.4, 0.5) is 11.4 Å². The summed E-state index contributed by atoms with van der Waals surface area (Å²) in [6, 6.07) is 17.1. The molecule has 0 bridgehead atoms. The summed E-state index contributed by atoms with van der Waals surface area (Å²) >= 11 is 0. The van der Waals surface area contributed by atoms with E-state index in [-0.39, 0.29) is 11.3 Å². The number of ketones is 1. The van der Waals surface area contributed by atoms with Gasteiger partial charge in [0, 0.05) is 24.0 Å². The van der Waals surface area contributed by atoms with Crippen molar-refractivity contribution in [1.82, 2.24) is 0 Å². The number of nitrogens with zero attached hydrogens (tertiary/aromatic N) is 1. The highest BCUT2D eigenvalue weighted by Crippen LogP contribution is 2.38. The summed E-state index contributed by atoms with van der Waals surface area (Å²) in [7, 11) is 4.70. The molecule has 3 aromatic carbocycles. The van der Waals surface area contributed by atoms with E-state index in [4.69, 9.17) is 14.2 Å². The number of hydrogen-bond acceptors (Lipinski definition) is 7. The first kappa shape index (κ1) is 24.1. The summed E-state index contributed by atoms with van der Waals surface area (Å²) < 4.78 is 16.1. The topological polar surface area (TPSA) is 99.9 Å². The summed E-state index contributed by atoms with van der Waals surface area (Å²) in [5.74, 6) is 1.22. The van der Waals surface area contributed by atoms with Crippen molar-refractivity contribution in [2.75, 3.05) is 26.6 Å². The summed E-state index contributed by atoms with van der Waals surface area (Å²) in [6.45, 7) is 0. The number of benzene rings is 3. The van der Waals surface area contributed by atoms with E-state index in [1.165, 1.54) is 30.5 Å². The third kappa shape index (κ3) is 5.80. The van der Waals surface area contributed by atoms with Gasteiger partial charge in [0.1, 0.15) is 0 Å². The fourth-order valence-corrected chi connectivity index (χ4v) is 3.23. The molecule has 0 radical (unpaired) electrons. The maximum Gasteiger partial charge on any atom is 0.280 e. The largest absolute Gasteiger partial charge is 0.493 e. The van der Waals surface area contributed by atoms with Crippen LogP contribution >= 0.6 is 0 Å². The second-order valence-electron chi connectivity index (χ2n) is 7.03. The molecule has 0 heterocycles. The predicted octanol–water partition coefficient (Wildman–Crippen LogP) is 5.60. The minimum Gasteiger partial charge on any atom is -0.493 e. The summed E-state index contributed by atoms with van der Waals surface area (Å²) in [5.41, 5.74) is 2.42. The Labute approximate surface area is 197 Å². The van der Waals surface area contributed by atoms with E-state index >= 15 is 0 Å². The molecule has 34 heavy (non-hydrogen) atoms. The first-order valence-corrected chi connectivity index (χ1v) is 10.3. The van der Waals surface area contributed by atoms with Crippen molar-refractivity contribution in [3.63, 3.8) is 0 Å². The van der Waals surface area contributed by atoms with Crippen molar-refractivity contribution < 1.29 is 23.9 Å². The normalized spacial score (nSPS) is 10.9. The standard InChI is InChI=1S/C26H24N2O6/c1-32-24-16-19(17-25(33-2)26(24)34-3)9-8-18-10-12-20(13-11-18)27-15-14-23(29)21-6-4-5-7-22(21)28(30)31/h4-17,27H,1-3H3/b9-8-,15-14-. The van der Waals surface area contributed by atoms with Gasteiger partial charge in [-0.3, -0.25) is 14.9 Å². The molecule has 0 aliphatic rings. The van der Waals surface area contributed by atoms with Crippen LogP contribution in [0.1, 0.15) is 21.5 Å². The van der Waals surface area contributed by atoms with Crippen LogP contribution in [0, 0.1) is 10.1 Å². The smallest absolute Gasteiger partial charge is 0.280 e. The molecule has 8 heteroatoms. The maximum absolute atomic E-state index is 12.3. The van der Waals surface area contributed by atoms with Crippen molar-refractivity contribution >= 4 is 29.3 Å². The lowest BCUT2D eigenvalue weighted by atomic mass is 10.1. The molecule has 0 atom stereocenters. The summed E-state index contributed by atoms with van der Waals surface area (Å²) in [6.07, 6.45) is 6.59. The number of ether oxygens (including phenoxy) is 3. The highest BCUT2D eigenvalue weighted by Gasteiger charge is 2.16. The van der Waals surface area contributed by atoms with Gasteiger partial charge in [0.25, 0.3) is 5.69 Å². The average Bonchev–Trinajstić information content (AvgIpc) is 2.87. The number of methoxy groups -OCH3 is 3. The zero-order valence-electron chi connectivity index (χ0n) is 19.0. The maximum atomic E-state index is 12.3. The third-order valence-electron chi connectivity index (χ3n) is 4.92. The lowest BCUT2D eigenvalue weighted by molar-refractivity contribution is -0.385. The molecule has 0 aliphatic carbocycles. The van der Waals surface area contributed by atoms with Crippen LogP contribution in [-0.4, -0.2) is 32.0 Å². The molecule has 3 aromatic rings. The molecule has 0 spiro atoms. The first-order chi connectivity index (χ1) is 16.5. The minimum atomic E-state index is -0.571. The molecule has 0 amide bonds. The molecular formula is C26H24N2O6. The molecule has 0 unspecified atom stereocenters. The van der Waals surface area contributed by atoms with Gasteiger partial charge in [-0.25, -0.2) is 0 Å². The van der Waals surface area contributed by atoms with E-state index in [1.807, 2.05) is 48.6 Å². The van der Waals surface area contributed by atoms with E-state index in [0.29, 0.717) is 17.2 Å². The van der Waals surface area contributed by atoms with Gasteiger partial charge in [-0.05, 0) is 41.5 Å².